The van der Waals surface area contributed by atoms with Gasteiger partial charge in [0, 0.05) is 11.9 Å². The number of fused-ring (bicyclic) bond motifs is 1. The Morgan fingerprint density at radius 3 is 2.83 bits per heavy atom. The van der Waals surface area contributed by atoms with Crippen LogP contribution in [0.4, 0.5) is 5.69 Å². The lowest BCUT2D eigenvalue weighted by Gasteiger charge is -2.09. The quantitative estimate of drug-likeness (QED) is 0.718. The Labute approximate surface area is 138 Å². The van der Waals surface area contributed by atoms with E-state index >= 15 is 0 Å². The molecule has 2 N–H and O–H groups in total. The van der Waals surface area contributed by atoms with Gasteiger partial charge in [-0.2, -0.15) is 0 Å². The first-order chi connectivity index (χ1) is 11.0. The second-order valence-corrected chi connectivity index (χ2v) is 5.73. The van der Waals surface area contributed by atoms with E-state index < -0.39 is 0 Å². The molecule has 0 saturated carbocycles. The standard InChI is InChI=1S/C17H16ClN3O2/c1-3-13-16(21-9-11(18)4-7-15(21)19-13)17(23)20-14-6-5-12(22)8-10(14)2/h4-9,22H,3H2,1-2H3,(H,20,23). The molecule has 0 radical (unpaired) electrons. The van der Waals surface area contributed by atoms with Gasteiger partial charge < -0.3 is 10.4 Å². The number of benzene rings is 1. The van der Waals surface area contributed by atoms with E-state index in [4.69, 9.17) is 11.6 Å². The van der Waals surface area contributed by atoms with Crippen LogP contribution in [0.2, 0.25) is 5.02 Å². The predicted molar refractivity (Wildman–Crippen MR) is 90.4 cm³/mol. The number of aryl methyl sites for hydroxylation is 2. The maximum Gasteiger partial charge on any atom is 0.274 e. The summed E-state index contributed by atoms with van der Waals surface area (Å²) in [5.74, 6) is -0.0956. The van der Waals surface area contributed by atoms with Crippen molar-refractivity contribution in [2.75, 3.05) is 5.32 Å². The smallest absolute Gasteiger partial charge is 0.274 e. The Morgan fingerprint density at radius 1 is 1.35 bits per heavy atom. The number of nitrogens with one attached hydrogen (secondary N) is 1. The molecule has 0 aliphatic rings. The van der Waals surface area contributed by atoms with Crippen molar-refractivity contribution >= 4 is 28.8 Å². The molecular formula is C17H16ClN3O2. The number of phenolic OH excluding ortho intramolecular Hbond substituents is 1. The van der Waals surface area contributed by atoms with Crippen LogP contribution < -0.4 is 5.32 Å². The van der Waals surface area contributed by atoms with Crippen LogP contribution >= 0.6 is 11.6 Å². The Bertz CT molecular complexity index is 902. The van der Waals surface area contributed by atoms with E-state index in [9.17, 15) is 9.90 Å². The Kier molecular flexibility index (Phi) is 3.96. The van der Waals surface area contributed by atoms with Crippen LogP contribution in [-0.4, -0.2) is 20.4 Å². The number of amides is 1. The van der Waals surface area contributed by atoms with Crippen LogP contribution in [0.15, 0.2) is 36.5 Å². The molecule has 0 spiro atoms. The van der Waals surface area contributed by atoms with Crippen LogP contribution in [0.3, 0.4) is 0 Å². The Morgan fingerprint density at radius 2 is 2.13 bits per heavy atom. The number of anilines is 1. The third-order valence-electron chi connectivity index (χ3n) is 3.66. The van der Waals surface area contributed by atoms with Gasteiger partial charge in [-0.15, -0.1) is 0 Å². The maximum atomic E-state index is 12.7. The molecular weight excluding hydrogens is 314 g/mol. The number of carbonyl (C=O) groups is 1. The van der Waals surface area contributed by atoms with Crippen molar-refractivity contribution in [2.45, 2.75) is 20.3 Å². The summed E-state index contributed by atoms with van der Waals surface area (Å²) < 4.78 is 1.70. The molecule has 3 rings (SSSR count). The van der Waals surface area contributed by atoms with Crippen molar-refractivity contribution in [3.8, 4) is 5.75 Å². The highest BCUT2D eigenvalue weighted by Gasteiger charge is 2.19. The number of hydrogen-bond acceptors (Lipinski definition) is 3. The summed E-state index contributed by atoms with van der Waals surface area (Å²) in [5.41, 5.74) is 3.28. The summed E-state index contributed by atoms with van der Waals surface area (Å²) >= 11 is 6.04. The minimum Gasteiger partial charge on any atom is -0.508 e. The number of rotatable bonds is 3. The summed E-state index contributed by atoms with van der Waals surface area (Å²) in [4.78, 5) is 17.2. The third kappa shape index (κ3) is 2.87. The van der Waals surface area contributed by atoms with Gasteiger partial charge in [-0.1, -0.05) is 18.5 Å². The molecule has 6 heteroatoms. The SMILES string of the molecule is CCc1nc2ccc(Cl)cn2c1C(=O)Nc1ccc(O)cc1C. The highest BCUT2D eigenvalue weighted by molar-refractivity contribution is 6.30. The van der Waals surface area contributed by atoms with Crippen molar-refractivity contribution in [3.05, 3.63) is 58.5 Å². The number of phenols is 1. The molecule has 5 nitrogen and oxygen atoms in total. The molecule has 0 saturated heterocycles. The number of hydrogen-bond donors (Lipinski definition) is 2. The van der Waals surface area contributed by atoms with E-state index in [1.54, 1.807) is 34.9 Å². The van der Waals surface area contributed by atoms with Crippen LogP contribution in [0, 0.1) is 6.92 Å². The zero-order chi connectivity index (χ0) is 16.6. The lowest BCUT2D eigenvalue weighted by molar-refractivity contribution is 0.102. The molecule has 0 fully saturated rings. The molecule has 0 atom stereocenters. The van der Waals surface area contributed by atoms with Gasteiger partial charge in [-0.05, 0) is 49.2 Å². The fourth-order valence-corrected chi connectivity index (χ4v) is 2.68. The molecule has 23 heavy (non-hydrogen) atoms. The van der Waals surface area contributed by atoms with Crippen LogP contribution in [-0.2, 0) is 6.42 Å². The third-order valence-corrected chi connectivity index (χ3v) is 3.89. The number of aromatic nitrogens is 2. The van der Waals surface area contributed by atoms with Gasteiger partial charge in [-0.3, -0.25) is 9.20 Å². The lowest BCUT2D eigenvalue weighted by Crippen LogP contribution is -2.17. The molecule has 1 aromatic carbocycles. The highest BCUT2D eigenvalue weighted by atomic mass is 35.5. The van der Waals surface area contributed by atoms with Crippen molar-refractivity contribution in [2.24, 2.45) is 0 Å². The normalized spacial score (nSPS) is 10.9. The maximum absolute atomic E-state index is 12.7. The van der Waals surface area contributed by atoms with Gasteiger partial charge in [0.15, 0.2) is 0 Å². The molecule has 1 amide bonds. The van der Waals surface area contributed by atoms with E-state index in [0.29, 0.717) is 34.2 Å². The summed E-state index contributed by atoms with van der Waals surface area (Å²) in [7, 11) is 0. The van der Waals surface area contributed by atoms with Crippen molar-refractivity contribution in [1.82, 2.24) is 9.38 Å². The predicted octanol–water partition coefficient (Wildman–Crippen LogP) is 3.82. The lowest BCUT2D eigenvalue weighted by atomic mass is 10.1. The summed E-state index contributed by atoms with van der Waals surface area (Å²) in [6, 6.07) is 8.33. The van der Waals surface area contributed by atoms with Gasteiger partial charge in [0.2, 0.25) is 0 Å². The van der Waals surface area contributed by atoms with Crippen molar-refractivity contribution < 1.29 is 9.90 Å². The second kappa shape index (κ2) is 5.93. The van der Waals surface area contributed by atoms with E-state index in [-0.39, 0.29) is 11.7 Å². The average Bonchev–Trinajstić information content (AvgIpc) is 2.87. The number of pyridine rings is 1. The van der Waals surface area contributed by atoms with Gasteiger partial charge in [0.1, 0.15) is 17.1 Å². The topological polar surface area (TPSA) is 66.6 Å². The molecule has 0 aliphatic heterocycles. The van der Waals surface area contributed by atoms with E-state index in [0.717, 1.165) is 5.56 Å². The Hall–Kier alpha value is -2.53. The van der Waals surface area contributed by atoms with E-state index in [1.807, 2.05) is 13.8 Å². The number of nitrogens with zero attached hydrogens (tertiary/aromatic N) is 2. The highest BCUT2D eigenvalue weighted by Crippen LogP contribution is 2.22. The number of halogens is 1. The molecule has 0 aliphatic carbocycles. The first kappa shape index (κ1) is 15.4. The van der Waals surface area contributed by atoms with Gasteiger partial charge >= 0.3 is 0 Å². The van der Waals surface area contributed by atoms with Crippen molar-refractivity contribution in [3.63, 3.8) is 0 Å². The Balaban J connectivity index is 2.04. The number of aromatic hydroxyl groups is 1. The van der Waals surface area contributed by atoms with Crippen LogP contribution in [0.5, 0.6) is 5.75 Å². The largest absolute Gasteiger partial charge is 0.508 e. The molecule has 0 unspecified atom stereocenters. The minimum absolute atomic E-state index is 0.163. The first-order valence-electron chi connectivity index (χ1n) is 7.27. The molecule has 2 aromatic heterocycles. The minimum atomic E-state index is -0.259. The van der Waals surface area contributed by atoms with Crippen LogP contribution in [0.1, 0.15) is 28.7 Å². The second-order valence-electron chi connectivity index (χ2n) is 5.29. The van der Waals surface area contributed by atoms with E-state index in [1.165, 1.54) is 6.07 Å². The fraction of sp³-hybridized carbons (Fsp3) is 0.176. The van der Waals surface area contributed by atoms with Gasteiger partial charge in [-0.25, -0.2) is 4.98 Å². The number of imidazole rings is 1. The average molecular weight is 330 g/mol. The summed E-state index contributed by atoms with van der Waals surface area (Å²) in [5, 5.41) is 12.9. The zero-order valence-corrected chi connectivity index (χ0v) is 13.6. The van der Waals surface area contributed by atoms with Crippen LogP contribution in [0.25, 0.3) is 5.65 Å². The summed E-state index contributed by atoms with van der Waals surface area (Å²) in [6.45, 7) is 3.77. The first-order valence-corrected chi connectivity index (χ1v) is 7.65. The van der Waals surface area contributed by atoms with Gasteiger partial charge in [0.25, 0.3) is 5.91 Å². The fourth-order valence-electron chi connectivity index (χ4n) is 2.52. The molecule has 0 bridgehead atoms. The summed E-state index contributed by atoms with van der Waals surface area (Å²) in [6.07, 6.45) is 2.32. The van der Waals surface area contributed by atoms with Gasteiger partial charge in [0.05, 0.1) is 10.7 Å². The molecule has 3 aromatic rings. The zero-order valence-electron chi connectivity index (χ0n) is 12.8. The monoisotopic (exact) mass is 329 g/mol. The molecule has 2 heterocycles. The van der Waals surface area contributed by atoms with Crippen molar-refractivity contribution in [1.29, 1.82) is 0 Å². The molecule has 118 valence electrons. The van der Waals surface area contributed by atoms with E-state index in [2.05, 4.69) is 10.3 Å². The number of carbonyl (C=O) groups excluding carboxylic acids is 1.